The molecule has 2 aromatic rings. The van der Waals surface area contributed by atoms with Crippen LogP contribution in [0.2, 0.25) is 0 Å². The van der Waals surface area contributed by atoms with Gasteiger partial charge >= 0.3 is 0 Å². The van der Waals surface area contributed by atoms with Crippen LogP contribution in [0.15, 0.2) is 30.6 Å². The number of hydrogen-bond donors (Lipinski definition) is 1. The van der Waals surface area contributed by atoms with Gasteiger partial charge in [0.15, 0.2) is 0 Å². The normalized spacial score (nSPS) is 14.9. The number of aryl methyl sites for hydroxylation is 1. The second-order valence-corrected chi connectivity index (χ2v) is 5.56. The van der Waals surface area contributed by atoms with Crippen LogP contribution < -0.4 is 10.1 Å². The van der Waals surface area contributed by atoms with E-state index < -0.39 is 0 Å². The van der Waals surface area contributed by atoms with E-state index in [1.165, 1.54) is 16.7 Å². The van der Waals surface area contributed by atoms with Gasteiger partial charge in [-0.1, -0.05) is 12.1 Å². The number of hydrogen-bond acceptors (Lipinski definition) is 3. The van der Waals surface area contributed by atoms with Crippen LogP contribution in [0.1, 0.15) is 23.6 Å². The number of fused-ring (bicyclic) bond motifs is 1. The molecule has 0 bridgehead atoms. The number of rotatable bonds is 5. The van der Waals surface area contributed by atoms with Gasteiger partial charge in [-0.2, -0.15) is 5.10 Å². The first-order valence-corrected chi connectivity index (χ1v) is 7.18. The van der Waals surface area contributed by atoms with Crippen molar-refractivity contribution in [1.29, 1.82) is 0 Å². The first-order chi connectivity index (χ1) is 9.70. The molecular weight excluding hydrogens is 250 g/mol. The first-order valence-electron chi connectivity index (χ1n) is 7.18. The highest BCUT2D eigenvalue weighted by Crippen LogP contribution is 2.25. The second-order valence-electron chi connectivity index (χ2n) is 5.56. The molecule has 1 N–H and O–H groups in total. The largest absolute Gasteiger partial charge is 0.493 e. The van der Waals surface area contributed by atoms with E-state index in [-0.39, 0.29) is 0 Å². The lowest BCUT2D eigenvalue weighted by atomic mass is 10.1. The van der Waals surface area contributed by atoms with Crippen LogP contribution >= 0.6 is 0 Å². The van der Waals surface area contributed by atoms with Gasteiger partial charge in [-0.05, 0) is 36.6 Å². The van der Waals surface area contributed by atoms with Gasteiger partial charge in [0, 0.05) is 25.2 Å². The molecular formula is C16H21N3O. The quantitative estimate of drug-likeness (QED) is 0.907. The highest BCUT2D eigenvalue weighted by atomic mass is 16.5. The zero-order chi connectivity index (χ0) is 13.9. The Bertz CT molecular complexity index is 591. The summed E-state index contributed by atoms with van der Waals surface area (Å²) in [5.41, 5.74) is 3.85. The number of nitrogens with one attached hydrogen (secondary N) is 1. The van der Waals surface area contributed by atoms with E-state index in [1.54, 1.807) is 0 Å². The van der Waals surface area contributed by atoms with Crippen molar-refractivity contribution in [2.75, 3.05) is 6.61 Å². The number of benzene rings is 1. The molecule has 1 aliphatic heterocycles. The Morgan fingerprint density at radius 1 is 1.45 bits per heavy atom. The maximum atomic E-state index is 5.53. The Morgan fingerprint density at radius 2 is 2.35 bits per heavy atom. The third kappa shape index (κ3) is 3.02. The lowest BCUT2D eigenvalue weighted by Crippen LogP contribution is -2.30. The van der Waals surface area contributed by atoms with Crippen molar-refractivity contribution in [3.05, 3.63) is 47.3 Å². The van der Waals surface area contributed by atoms with Crippen molar-refractivity contribution in [3.63, 3.8) is 0 Å². The minimum Gasteiger partial charge on any atom is -0.493 e. The van der Waals surface area contributed by atoms with Gasteiger partial charge in [-0.15, -0.1) is 0 Å². The first kappa shape index (κ1) is 13.2. The summed E-state index contributed by atoms with van der Waals surface area (Å²) in [4.78, 5) is 0. The van der Waals surface area contributed by atoms with Gasteiger partial charge in [-0.25, -0.2) is 0 Å². The molecule has 4 heteroatoms. The van der Waals surface area contributed by atoms with E-state index in [2.05, 4.69) is 48.7 Å². The maximum Gasteiger partial charge on any atom is 0.122 e. The van der Waals surface area contributed by atoms with Crippen LogP contribution in [-0.4, -0.2) is 22.4 Å². The molecule has 0 spiro atoms. The van der Waals surface area contributed by atoms with Crippen LogP contribution in [0.25, 0.3) is 0 Å². The van der Waals surface area contributed by atoms with E-state index in [0.29, 0.717) is 6.04 Å². The lowest BCUT2D eigenvalue weighted by Gasteiger charge is -2.14. The molecule has 0 amide bonds. The predicted octanol–water partition coefficient (Wildman–Crippen LogP) is 2.30. The Kier molecular flexibility index (Phi) is 3.74. The van der Waals surface area contributed by atoms with Crippen molar-refractivity contribution in [3.8, 4) is 5.75 Å². The highest BCUT2D eigenvalue weighted by Gasteiger charge is 2.12. The maximum absolute atomic E-state index is 5.53. The third-order valence-corrected chi connectivity index (χ3v) is 3.63. The third-order valence-electron chi connectivity index (χ3n) is 3.63. The van der Waals surface area contributed by atoms with E-state index in [0.717, 1.165) is 31.9 Å². The molecule has 0 fully saturated rings. The summed E-state index contributed by atoms with van der Waals surface area (Å²) in [6, 6.07) is 6.86. The average molecular weight is 271 g/mol. The van der Waals surface area contributed by atoms with Crippen LogP contribution in [0.4, 0.5) is 0 Å². The molecule has 1 atom stereocenters. The molecule has 0 aliphatic carbocycles. The second kappa shape index (κ2) is 5.67. The van der Waals surface area contributed by atoms with Gasteiger partial charge in [0.25, 0.3) is 0 Å². The van der Waals surface area contributed by atoms with E-state index in [1.807, 2.05) is 10.9 Å². The zero-order valence-electron chi connectivity index (χ0n) is 12.1. The summed E-state index contributed by atoms with van der Waals surface area (Å²) >= 11 is 0. The molecule has 3 rings (SSSR count). The number of ether oxygens (including phenoxy) is 1. The van der Waals surface area contributed by atoms with E-state index in [9.17, 15) is 0 Å². The fourth-order valence-corrected chi connectivity index (χ4v) is 2.55. The monoisotopic (exact) mass is 271 g/mol. The van der Waals surface area contributed by atoms with Crippen LogP contribution in [0.3, 0.4) is 0 Å². The Hall–Kier alpha value is -1.81. The zero-order valence-corrected chi connectivity index (χ0v) is 12.1. The lowest BCUT2D eigenvalue weighted by molar-refractivity contribution is 0.357. The van der Waals surface area contributed by atoms with Gasteiger partial charge in [0.1, 0.15) is 5.75 Å². The summed E-state index contributed by atoms with van der Waals surface area (Å²) in [6.45, 7) is 6.85. The number of nitrogens with zero attached hydrogens (tertiary/aromatic N) is 2. The molecule has 0 saturated carbocycles. The van der Waals surface area contributed by atoms with Crippen molar-refractivity contribution in [1.82, 2.24) is 15.1 Å². The van der Waals surface area contributed by atoms with E-state index >= 15 is 0 Å². The smallest absolute Gasteiger partial charge is 0.122 e. The van der Waals surface area contributed by atoms with Gasteiger partial charge < -0.3 is 10.1 Å². The molecule has 1 aliphatic rings. The average Bonchev–Trinajstić information content (AvgIpc) is 3.04. The van der Waals surface area contributed by atoms with Crippen LogP contribution in [0.5, 0.6) is 5.75 Å². The fourth-order valence-electron chi connectivity index (χ4n) is 2.55. The van der Waals surface area contributed by atoms with Gasteiger partial charge in [0.05, 0.1) is 19.3 Å². The van der Waals surface area contributed by atoms with Crippen LogP contribution in [-0.2, 0) is 19.5 Å². The molecule has 1 aromatic carbocycles. The SMILES string of the molecule is Cc1cnn(C[C@H](C)NCc2ccc3c(c2)CCO3)c1. The Labute approximate surface area is 119 Å². The van der Waals surface area contributed by atoms with Crippen molar-refractivity contribution < 1.29 is 4.74 Å². The molecule has 0 radical (unpaired) electrons. The Morgan fingerprint density at radius 3 is 3.15 bits per heavy atom. The molecule has 1 aromatic heterocycles. The van der Waals surface area contributed by atoms with Gasteiger partial charge in [0.2, 0.25) is 0 Å². The Balaban J connectivity index is 1.53. The summed E-state index contributed by atoms with van der Waals surface area (Å²) in [7, 11) is 0. The molecule has 106 valence electrons. The summed E-state index contributed by atoms with van der Waals surface area (Å²) in [6.07, 6.45) is 5.00. The summed E-state index contributed by atoms with van der Waals surface area (Å²) in [5.74, 6) is 1.05. The van der Waals surface area contributed by atoms with E-state index in [4.69, 9.17) is 4.74 Å². The van der Waals surface area contributed by atoms with Crippen LogP contribution in [0, 0.1) is 6.92 Å². The molecule has 4 nitrogen and oxygen atoms in total. The predicted molar refractivity (Wildman–Crippen MR) is 78.9 cm³/mol. The summed E-state index contributed by atoms with van der Waals surface area (Å²) in [5, 5.41) is 7.86. The van der Waals surface area contributed by atoms with Gasteiger partial charge in [-0.3, -0.25) is 4.68 Å². The minimum atomic E-state index is 0.388. The fraction of sp³-hybridized carbons (Fsp3) is 0.438. The number of aromatic nitrogens is 2. The summed E-state index contributed by atoms with van der Waals surface area (Å²) < 4.78 is 7.52. The highest BCUT2D eigenvalue weighted by molar-refractivity contribution is 5.39. The molecule has 2 heterocycles. The van der Waals surface area contributed by atoms with Crippen molar-refractivity contribution in [2.24, 2.45) is 0 Å². The topological polar surface area (TPSA) is 39.1 Å². The minimum absolute atomic E-state index is 0.388. The molecule has 0 unspecified atom stereocenters. The molecule has 0 saturated heterocycles. The van der Waals surface area contributed by atoms with Crippen molar-refractivity contribution in [2.45, 2.75) is 39.4 Å². The standard InChI is InChI=1S/C16H21N3O/c1-12-8-18-19(10-12)11-13(2)17-9-14-3-4-16-15(7-14)5-6-20-16/h3-4,7-8,10,13,17H,5-6,9,11H2,1-2H3/t13-/m0/s1. The van der Waals surface area contributed by atoms with Crippen molar-refractivity contribution >= 4 is 0 Å². The molecule has 20 heavy (non-hydrogen) atoms.